The first-order valence-electron chi connectivity index (χ1n) is 7.52. The number of hydrogen-bond donors (Lipinski definition) is 0. The largest absolute Gasteiger partial charge is 0.351 e. The Morgan fingerprint density at radius 2 is 1.83 bits per heavy atom. The fraction of sp³-hybridized carbons (Fsp3) is 0.167. The average Bonchev–Trinajstić information content (AvgIpc) is 2.86. The van der Waals surface area contributed by atoms with E-state index < -0.39 is 0 Å². The molecule has 0 fully saturated rings. The van der Waals surface area contributed by atoms with Crippen molar-refractivity contribution in [1.82, 2.24) is 19.2 Å². The van der Waals surface area contributed by atoms with E-state index >= 15 is 0 Å². The van der Waals surface area contributed by atoms with Crippen molar-refractivity contribution in [3.05, 3.63) is 76.0 Å². The number of nitrogens with zero attached hydrogens (tertiary/aromatic N) is 4. The van der Waals surface area contributed by atoms with Crippen molar-refractivity contribution < 1.29 is 0 Å². The Balaban J connectivity index is 1.99. The van der Waals surface area contributed by atoms with Crippen LogP contribution in [-0.4, -0.2) is 19.2 Å². The van der Waals surface area contributed by atoms with E-state index in [0.29, 0.717) is 12.2 Å². The molecular formula is C18H16N4O. The molecule has 114 valence electrons. The highest BCUT2D eigenvalue weighted by Crippen LogP contribution is 2.19. The molecule has 0 saturated carbocycles. The molecule has 3 aromatic heterocycles. The third-order valence-electron chi connectivity index (χ3n) is 4.07. The summed E-state index contributed by atoms with van der Waals surface area (Å²) in [5.41, 5.74) is 4.66. The van der Waals surface area contributed by atoms with Crippen LogP contribution in [0.1, 0.15) is 16.7 Å². The molecule has 0 unspecified atom stereocenters. The molecule has 3 heterocycles. The first-order valence-corrected chi connectivity index (χ1v) is 7.52. The summed E-state index contributed by atoms with van der Waals surface area (Å²) in [7, 11) is 0. The van der Waals surface area contributed by atoms with Gasteiger partial charge < -0.3 is 0 Å². The molecule has 4 aromatic rings. The normalized spacial score (nSPS) is 11.4. The zero-order valence-corrected chi connectivity index (χ0v) is 13.0. The quantitative estimate of drug-likeness (QED) is 0.572. The second-order valence-electron chi connectivity index (χ2n) is 5.84. The maximum Gasteiger partial charge on any atom is 0.351 e. The Morgan fingerprint density at radius 1 is 1.04 bits per heavy atom. The molecule has 1 aromatic carbocycles. The summed E-state index contributed by atoms with van der Waals surface area (Å²) in [6.07, 6.45) is 3.44. The predicted octanol–water partition coefficient (Wildman–Crippen LogP) is 2.71. The van der Waals surface area contributed by atoms with Crippen LogP contribution < -0.4 is 5.69 Å². The maximum absolute atomic E-state index is 12.8. The number of rotatable bonds is 2. The highest BCUT2D eigenvalue weighted by molar-refractivity contribution is 5.83. The van der Waals surface area contributed by atoms with E-state index in [-0.39, 0.29) is 5.69 Å². The number of fused-ring (bicyclic) bond motifs is 3. The number of hydrogen-bond acceptors (Lipinski definition) is 3. The fourth-order valence-electron chi connectivity index (χ4n) is 2.94. The molecule has 0 bridgehead atoms. The number of aromatic nitrogens is 4. The third-order valence-corrected chi connectivity index (χ3v) is 4.07. The molecule has 0 amide bonds. The van der Waals surface area contributed by atoms with Gasteiger partial charge in [0.1, 0.15) is 0 Å². The van der Waals surface area contributed by atoms with Crippen LogP contribution in [0.15, 0.2) is 53.6 Å². The minimum absolute atomic E-state index is 0.116. The monoisotopic (exact) mass is 304 g/mol. The van der Waals surface area contributed by atoms with Crippen molar-refractivity contribution >= 4 is 16.6 Å². The molecule has 0 atom stereocenters. The molecule has 4 rings (SSSR count). The molecule has 23 heavy (non-hydrogen) atoms. The molecule has 0 aliphatic heterocycles. The van der Waals surface area contributed by atoms with Crippen molar-refractivity contribution in [2.24, 2.45) is 0 Å². The average molecular weight is 304 g/mol. The Labute approximate surface area is 132 Å². The second kappa shape index (κ2) is 5.05. The van der Waals surface area contributed by atoms with E-state index in [0.717, 1.165) is 22.0 Å². The summed E-state index contributed by atoms with van der Waals surface area (Å²) in [5, 5.41) is 5.58. The van der Waals surface area contributed by atoms with Crippen LogP contribution in [0.4, 0.5) is 0 Å². The molecule has 0 aliphatic rings. The maximum atomic E-state index is 12.8. The summed E-state index contributed by atoms with van der Waals surface area (Å²) < 4.78 is 3.21. The molecule has 5 nitrogen and oxygen atoms in total. The van der Waals surface area contributed by atoms with E-state index in [2.05, 4.69) is 29.1 Å². The molecule has 5 heteroatoms. The minimum Gasteiger partial charge on any atom is -0.265 e. The smallest absolute Gasteiger partial charge is 0.265 e. The predicted molar refractivity (Wildman–Crippen MR) is 89.8 cm³/mol. The lowest BCUT2D eigenvalue weighted by Crippen LogP contribution is -2.22. The van der Waals surface area contributed by atoms with Gasteiger partial charge in [-0.1, -0.05) is 11.6 Å². The molecular weight excluding hydrogens is 288 g/mol. The third kappa shape index (κ3) is 2.21. The van der Waals surface area contributed by atoms with E-state index in [4.69, 9.17) is 0 Å². The van der Waals surface area contributed by atoms with Gasteiger partial charge in [-0.15, -0.1) is 5.10 Å². The summed E-state index contributed by atoms with van der Waals surface area (Å²) in [4.78, 5) is 16.8. The van der Waals surface area contributed by atoms with Crippen LogP contribution in [0.2, 0.25) is 0 Å². The van der Waals surface area contributed by atoms with Crippen molar-refractivity contribution in [2.45, 2.75) is 20.4 Å². The van der Waals surface area contributed by atoms with Gasteiger partial charge in [-0.3, -0.25) is 4.98 Å². The van der Waals surface area contributed by atoms with Crippen LogP contribution >= 0.6 is 0 Å². The lowest BCUT2D eigenvalue weighted by molar-refractivity contribution is 0.659. The van der Waals surface area contributed by atoms with E-state index in [1.165, 1.54) is 10.2 Å². The van der Waals surface area contributed by atoms with Gasteiger partial charge in [0, 0.05) is 12.4 Å². The van der Waals surface area contributed by atoms with E-state index in [1.54, 1.807) is 16.8 Å². The van der Waals surface area contributed by atoms with E-state index in [1.807, 2.05) is 31.2 Å². The molecule has 0 aliphatic carbocycles. The van der Waals surface area contributed by atoms with Gasteiger partial charge in [-0.05, 0) is 60.7 Å². The second-order valence-corrected chi connectivity index (χ2v) is 5.84. The number of aryl methyl sites for hydroxylation is 2. The Morgan fingerprint density at radius 3 is 2.61 bits per heavy atom. The topological polar surface area (TPSA) is 52.2 Å². The zero-order valence-electron chi connectivity index (χ0n) is 13.0. The SMILES string of the molecule is Cc1ccc2c(c1)cc(C)c1nn(Cc3ccncc3)c(=O)n12. The van der Waals surface area contributed by atoms with Crippen molar-refractivity contribution in [3.63, 3.8) is 0 Å². The van der Waals surface area contributed by atoms with Gasteiger partial charge in [0.2, 0.25) is 0 Å². The standard InChI is InChI=1S/C18H16N4O/c1-12-3-4-16-15(9-12)10-13(2)17-20-21(18(23)22(16)17)11-14-5-7-19-8-6-14/h3-10H,11H2,1-2H3. The Kier molecular flexibility index (Phi) is 3.01. The lowest BCUT2D eigenvalue weighted by Gasteiger charge is -2.04. The van der Waals surface area contributed by atoms with Gasteiger partial charge in [0.25, 0.3) is 0 Å². The first kappa shape index (κ1) is 13.7. The van der Waals surface area contributed by atoms with Crippen LogP contribution in [0.5, 0.6) is 0 Å². The highest BCUT2D eigenvalue weighted by atomic mass is 16.2. The van der Waals surface area contributed by atoms with Crippen LogP contribution in [0.3, 0.4) is 0 Å². The fourth-order valence-corrected chi connectivity index (χ4v) is 2.94. The lowest BCUT2D eigenvalue weighted by atomic mass is 10.1. The molecule has 0 spiro atoms. The van der Waals surface area contributed by atoms with Gasteiger partial charge in [-0.25, -0.2) is 13.9 Å². The Bertz CT molecular complexity index is 1080. The van der Waals surface area contributed by atoms with Crippen molar-refractivity contribution in [1.29, 1.82) is 0 Å². The first-order chi connectivity index (χ1) is 11.1. The van der Waals surface area contributed by atoms with Crippen molar-refractivity contribution in [2.75, 3.05) is 0 Å². The van der Waals surface area contributed by atoms with Crippen LogP contribution in [-0.2, 0) is 6.54 Å². The molecule has 0 N–H and O–H groups in total. The number of pyridine rings is 2. The molecule has 0 radical (unpaired) electrons. The van der Waals surface area contributed by atoms with Gasteiger partial charge in [0.15, 0.2) is 5.65 Å². The molecule has 0 saturated heterocycles. The minimum atomic E-state index is -0.116. The van der Waals surface area contributed by atoms with Crippen LogP contribution in [0, 0.1) is 13.8 Å². The van der Waals surface area contributed by atoms with Gasteiger partial charge in [-0.2, -0.15) is 0 Å². The summed E-state index contributed by atoms with van der Waals surface area (Å²) in [6.45, 7) is 4.48. The van der Waals surface area contributed by atoms with Crippen LogP contribution in [0.25, 0.3) is 16.6 Å². The summed E-state index contributed by atoms with van der Waals surface area (Å²) in [6, 6.07) is 12.0. The highest BCUT2D eigenvalue weighted by Gasteiger charge is 2.13. The summed E-state index contributed by atoms with van der Waals surface area (Å²) >= 11 is 0. The summed E-state index contributed by atoms with van der Waals surface area (Å²) in [5.74, 6) is 0. The Hall–Kier alpha value is -2.95. The number of benzene rings is 1. The van der Waals surface area contributed by atoms with Gasteiger partial charge in [0.05, 0.1) is 12.1 Å². The van der Waals surface area contributed by atoms with Gasteiger partial charge >= 0.3 is 5.69 Å². The van der Waals surface area contributed by atoms with E-state index in [9.17, 15) is 4.79 Å². The zero-order chi connectivity index (χ0) is 16.0. The van der Waals surface area contributed by atoms with Crippen molar-refractivity contribution in [3.8, 4) is 0 Å².